The van der Waals surface area contributed by atoms with E-state index in [9.17, 15) is 24.6 Å². The number of esters is 2. The molecule has 3 aromatic rings. The molecule has 2 aliphatic heterocycles. The van der Waals surface area contributed by atoms with Gasteiger partial charge in [-0.25, -0.2) is 14.4 Å². The fraction of sp³-hybridized carbons (Fsp3) is 0.341. The van der Waals surface area contributed by atoms with Gasteiger partial charge in [-0.1, -0.05) is 74.3 Å². The van der Waals surface area contributed by atoms with E-state index in [0.29, 0.717) is 18.0 Å². The van der Waals surface area contributed by atoms with E-state index in [2.05, 4.69) is 19.7 Å². The summed E-state index contributed by atoms with van der Waals surface area (Å²) in [5.41, 5.74) is 0.350. The minimum atomic E-state index is -1.33. The molecular weight excluding hydrogens is 700 g/mol. The second-order valence-electron chi connectivity index (χ2n) is 11.9. The molecule has 0 radical (unpaired) electrons. The molecule has 0 bridgehead atoms. The lowest BCUT2D eigenvalue weighted by Crippen LogP contribution is -2.39. The lowest BCUT2D eigenvalue weighted by atomic mass is 10.1. The van der Waals surface area contributed by atoms with Crippen molar-refractivity contribution in [1.29, 1.82) is 0 Å². The van der Waals surface area contributed by atoms with Crippen LogP contribution >= 0.6 is 0 Å². The van der Waals surface area contributed by atoms with E-state index in [1.54, 1.807) is 24.3 Å². The SMILES string of the molecule is C(OCC1CO1)C1CO1.C=C(C)C(=O)O.C=CC(=O)OC(CC(O)COc1ccccc1)C(O)COC(=O)C(=C)C.c1ccc(Oc2ccccc2)cc1. The molecule has 5 unspecified atom stereocenters. The number of aliphatic carboxylic acids is 1. The monoisotopic (exact) mass is 750 g/mol. The van der Waals surface area contributed by atoms with E-state index in [-0.39, 0.29) is 24.2 Å². The van der Waals surface area contributed by atoms with E-state index in [1.807, 2.05) is 66.7 Å². The molecule has 2 fully saturated rings. The van der Waals surface area contributed by atoms with Crippen molar-refractivity contribution in [2.75, 3.05) is 39.6 Å². The van der Waals surface area contributed by atoms with Crippen LogP contribution in [0.5, 0.6) is 17.2 Å². The standard InChI is InChI=1S/C19H24O7.C12H10O.C6H10O3.C4H6O2/c1-4-18(22)26-17(16(21)12-25-19(23)13(2)3)10-14(20)11-24-15-8-6-5-7-9-15;1-3-7-11(8-4-1)13-12-9-5-2-6-10-12;1(5-3-8-5)7-2-6-4-9-6;1-3(2)4(5)6/h4-9,14,16-17,20-21H,1-2,10-12H2,3H3;1-10H;5-6H,1-4H2;1H2,2H3,(H,5,6). The number of hydrogen-bond acceptors (Lipinski definition) is 12. The van der Waals surface area contributed by atoms with Crippen LogP contribution in [0.1, 0.15) is 20.3 Å². The van der Waals surface area contributed by atoms with E-state index < -0.39 is 42.8 Å². The second kappa shape index (κ2) is 25.6. The van der Waals surface area contributed by atoms with Crippen LogP contribution in [0.4, 0.5) is 0 Å². The maximum atomic E-state index is 11.4. The number of benzene rings is 3. The van der Waals surface area contributed by atoms with Gasteiger partial charge < -0.3 is 48.5 Å². The summed E-state index contributed by atoms with van der Waals surface area (Å²) >= 11 is 0. The molecule has 0 spiro atoms. The highest BCUT2D eigenvalue weighted by Gasteiger charge is 2.28. The second-order valence-corrected chi connectivity index (χ2v) is 11.9. The third-order valence-electron chi connectivity index (χ3n) is 6.79. The van der Waals surface area contributed by atoms with Crippen LogP contribution in [0.15, 0.2) is 128 Å². The lowest BCUT2D eigenvalue weighted by Gasteiger charge is -2.24. The molecule has 54 heavy (non-hydrogen) atoms. The molecule has 5 atom stereocenters. The summed E-state index contributed by atoms with van der Waals surface area (Å²) in [6.07, 6.45) is -1.84. The summed E-state index contributed by atoms with van der Waals surface area (Å²) in [4.78, 5) is 32.5. The van der Waals surface area contributed by atoms with Gasteiger partial charge in [0.15, 0.2) is 0 Å². The van der Waals surface area contributed by atoms with Gasteiger partial charge in [-0.3, -0.25) is 0 Å². The maximum Gasteiger partial charge on any atom is 0.333 e. The van der Waals surface area contributed by atoms with Crippen LogP contribution in [0, 0.1) is 0 Å². The van der Waals surface area contributed by atoms with Crippen LogP contribution in [0.3, 0.4) is 0 Å². The van der Waals surface area contributed by atoms with Gasteiger partial charge in [-0.05, 0) is 50.2 Å². The Labute approximate surface area is 316 Å². The maximum absolute atomic E-state index is 11.4. The van der Waals surface area contributed by atoms with Crippen molar-refractivity contribution < 1.29 is 62.9 Å². The normalized spacial score (nSPS) is 16.2. The number of carbonyl (C=O) groups is 3. The predicted octanol–water partition coefficient (Wildman–Crippen LogP) is 5.32. The Kier molecular flexibility index (Phi) is 21.3. The Morgan fingerprint density at radius 1 is 0.778 bits per heavy atom. The number of carboxylic acids is 1. The zero-order chi connectivity index (χ0) is 39.7. The third-order valence-corrected chi connectivity index (χ3v) is 6.79. The highest BCUT2D eigenvalue weighted by atomic mass is 16.6. The van der Waals surface area contributed by atoms with Crippen molar-refractivity contribution in [1.82, 2.24) is 0 Å². The molecule has 292 valence electrons. The summed E-state index contributed by atoms with van der Waals surface area (Å²) in [6.45, 7) is 15.6. The number of hydrogen-bond donors (Lipinski definition) is 3. The largest absolute Gasteiger partial charge is 0.491 e. The number of aliphatic hydroxyl groups excluding tert-OH is 2. The number of aliphatic hydroxyl groups is 2. The van der Waals surface area contributed by atoms with Crippen LogP contribution in [0.25, 0.3) is 0 Å². The average Bonchev–Trinajstić information content (AvgIpc) is 4.12. The van der Waals surface area contributed by atoms with Crippen LogP contribution in [0.2, 0.25) is 0 Å². The fourth-order valence-electron chi connectivity index (χ4n) is 3.69. The third kappa shape index (κ3) is 21.9. The van der Waals surface area contributed by atoms with Gasteiger partial charge in [0.05, 0.1) is 32.5 Å². The van der Waals surface area contributed by atoms with Crippen LogP contribution in [-0.2, 0) is 38.1 Å². The molecule has 3 N–H and O–H groups in total. The summed E-state index contributed by atoms with van der Waals surface area (Å²) in [7, 11) is 0. The summed E-state index contributed by atoms with van der Waals surface area (Å²) < 4.78 is 36.0. The molecule has 0 saturated carbocycles. The van der Waals surface area contributed by atoms with Gasteiger partial charge in [-0.15, -0.1) is 0 Å². The zero-order valence-electron chi connectivity index (χ0n) is 30.6. The van der Waals surface area contributed by atoms with E-state index in [1.165, 1.54) is 13.8 Å². The summed E-state index contributed by atoms with van der Waals surface area (Å²) in [6, 6.07) is 28.4. The number of carbonyl (C=O) groups excluding carboxylic acids is 2. The van der Waals surface area contributed by atoms with Crippen molar-refractivity contribution in [3.05, 3.63) is 128 Å². The molecule has 13 heteroatoms. The van der Waals surface area contributed by atoms with Gasteiger partial charge in [0.25, 0.3) is 0 Å². The molecule has 0 aromatic heterocycles. The average molecular weight is 751 g/mol. The molecule has 2 saturated heterocycles. The highest BCUT2D eigenvalue weighted by molar-refractivity contribution is 5.87. The number of carboxylic acid groups (broad SMARTS) is 1. The molecule has 0 amide bonds. The Morgan fingerprint density at radius 3 is 1.61 bits per heavy atom. The summed E-state index contributed by atoms with van der Waals surface area (Å²) in [5.74, 6) is -0.0678. The Morgan fingerprint density at radius 2 is 1.22 bits per heavy atom. The minimum absolute atomic E-state index is 0.0651. The van der Waals surface area contributed by atoms with E-state index in [0.717, 1.165) is 44.0 Å². The van der Waals surface area contributed by atoms with Crippen LogP contribution in [-0.4, -0.2) is 103 Å². The Bertz CT molecular complexity index is 1490. The topological polar surface area (TPSA) is 183 Å². The smallest absolute Gasteiger partial charge is 0.333 e. The van der Waals surface area contributed by atoms with E-state index >= 15 is 0 Å². The highest BCUT2D eigenvalue weighted by Crippen LogP contribution is 2.19. The molecule has 2 aliphatic rings. The van der Waals surface area contributed by atoms with Crippen molar-refractivity contribution in [2.24, 2.45) is 0 Å². The van der Waals surface area contributed by atoms with Gasteiger partial charge in [-0.2, -0.15) is 0 Å². The first-order valence-electron chi connectivity index (χ1n) is 17.0. The molecule has 5 rings (SSSR count). The van der Waals surface area contributed by atoms with E-state index in [4.69, 9.17) is 38.3 Å². The van der Waals surface area contributed by atoms with Crippen molar-refractivity contribution in [3.8, 4) is 17.2 Å². The number of para-hydroxylation sites is 3. The molecule has 3 aromatic carbocycles. The van der Waals surface area contributed by atoms with Crippen molar-refractivity contribution in [2.45, 2.75) is 50.8 Å². The first-order chi connectivity index (χ1) is 25.9. The molecule has 0 aliphatic carbocycles. The quantitative estimate of drug-likeness (QED) is 0.0864. The Hall–Kier alpha value is -5.31. The summed E-state index contributed by atoms with van der Waals surface area (Å²) in [5, 5.41) is 28.1. The molecule has 2 heterocycles. The first kappa shape index (κ1) is 44.8. The lowest BCUT2D eigenvalue weighted by molar-refractivity contribution is -0.157. The van der Waals surface area contributed by atoms with Crippen molar-refractivity contribution >= 4 is 17.9 Å². The number of ether oxygens (including phenoxy) is 7. The Balaban J connectivity index is 0.000000293. The van der Waals surface area contributed by atoms with Gasteiger partial charge >= 0.3 is 17.9 Å². The number of rotatable bonds is 18. The van der Waals surface area contributed by atoms with Gasteiger partial charge in [0.1, 0.15) is 54.9 Å². The predicted molar refractivity (Wildman–Crippen MR) is 200 cm³/mol. The van der Waals surface area contributed by atoms with Crippen LogP contribution < -0.4 is 9.47 Å². The molecule has 13 nitrogen and oxygen atoms in total. The fourth-order valence-corrected chi connectivity index (χ4v) is 3.69. The first-order valence-corrected chi connectivity index (χ1v) is 17.0. The van der Waals surface area contributed by atoms with Crippen molar-refractivity contribution in [3.63, 3.8) is 0 Å². The van der Waals surface area contributed by atoms with Gasteiger partial charge in [0.2, 0.25) is 0 Å². The van der Waals surface area contributed by atoms with Gasteiger partial charge in [0, 0.05) is 23.6 Å². The molecular formula is C41H50O13. The number of epoxide rings is 2. The minimum Gasteiger partial charge on any atom is -0.491 e. The zero-order valence-corrected chi connectivity index (χ0v) is 30.6.